The second kappa shape index (κ2) is 10.5. The lowest BCUT2D eigenvalue weighted by Crippen LogP contribution is -2.48. The summed E-state index contributed by atoms with van der Waals surface area (Å²) >= 11 is 0. The summed E-state index contributed by atoms with van der Waals surface area (Å²) in [6.07, 6.45) is 3.82. The molecule has 2 fully saturated rings. The predicted octanol–water partition coefficient (Wildman–Crippen LogP) is 1.90. The first-order valence-corrected chi connectivity index (χ1v) is 11.3. The van der Waals surface area contributed by atoms with E-state index in [1.165, 1.54) is 0 Å². The summed E-state index contributed by atoms with van der Waals surface area (Å²) < 4.78 is 4.95. The van der Waals surface area contributed by atoms with E-state index in [4.69, 9.17) is 4.74 Å². The largest absolute Gasteiger partial charge is 0.454 e. The van der Waals surface area contributed by atoms with Crippen LogP contribution in [0.25, 0.3) is 0 Å². The first-order chi connectivity index (χ1) is 15.8. The Kier molecular flexibility index (Phi) is 7.67. The van der Waals surface area contributed by atoms with Gasteiger partial charge in [0.25, 0.3) is 17.7 Å². The van der Waals surface area contributed by atoms with Gasteiger partial charge in [-0.3, -0.25) is 24.1 Å². The molecule has 1 heterocycles. The van der Waals surface area contributed by atoms with Crippen LogP contribution >= 0.6 is 0 Å². The normalized spacial score (nSPS) is 17.0. The van der Waals surface area contributed by atoms with Crippen LogP contribution < -0.4 is 10.6 Å². The van der Waals surface area contributed by atoms with Crippen molar-refractivity contribution in [2.75, 3.05) is 31.6 Å². The monoisotopic (exact) mass is 458 g/mol. The van der Waals surface area contributed by atoms with Crippen molar-refractivity contribution >= 4 is 35.4 Å². The molecule has 33 heavy (non-hydrogen) atoms. The molecule has 10 nitrogen and oxygen atoms in total. The molecule has 178 valence electrons. The number of ether oxygens (including phenoxy) is 1. The van der Waals surface area contributed by atoms with Gasteiger partial charge in [0.05, 0.1) is 0 Å². The van der Waals surface area contributed by atoms with Crippen molar-refractivity contribution in [3.63, 3.8) is 0 Å². The highest BCUT2D eigenvalue weighted by Crippen LogP contribution is 2.33. The molecule has 0 atom stereocenters. The summed E-state index contributed by atoms with van der Waals surface area (Å²) in [5.74, 6) is -1.93. The lowest BCUT2D eigenvalue weighted by atomic mass is 9.82. The average Bonchev–Trinajstić information content (AvgIpc) is 3.03. The number of nitrogens with one attached hydrogen (secondary N) is 2. The summed E-state index contributed by atoms with van der Waals surface area (Å²) in [6.45, 7) is 3.90. The predicted molar refractivity (Wildman–Crippen MR) is 119 cm³/mol. The first-order valence-electron chi connectivity index (χ1n) is 11.3. The van der Waals surface area contributed by atoms with Crippen molar-refractivity contribution in [3.8, 4) is 0 Å². The molecule has 5 amide bonds. The zero-order valence-corrected chi connectivity index (χ0v) is 19.0. The molecule has 1 aliphatic carbocycles. The Morgan fingerprint density at radius 2 is 1.70 bits per heavy atom. The first kappa shape index (κ1) is 24.2. The van der Waals surface area contributed by atoms with E-state index in [0.717, 1.165) is 24.2 Å². The number of benzene rings is 1. The van der Waals surface area contributed by atoms with Crippen LogP contribution in [-0.4, -0.2) is 71.3 Å². The van der Waals surface area contributed by atoms with Gasteiger partial charge in [-0.05, 0) is 51.0 Å². The van der Waals surface area contributed by atoms with Gasteiger partial charge < -0.3 is 20.3 Å². The molecule has 0 radical (unpaired) electrons. The molecular weight excluding hydrogens is 428 g/mol. The molecule has 1 spiro atoms. The molecule has 1 aromatic carbocycles. The Morgan fingerprint density at radius 1 is 1.06 bits per heavy atom. The fourth-order valence-electron chi connectivity index (χ4n) is 4.22. The standard InChI is InChI=1S/C23H30N4O6/c1-3-26(4-2)20(30)16-8-10-17(11-9-16)24-18(28)15-33-19(29)14-27-21(31)23(25-22(27)32)12-6-5-7-13-23/h8-11H,3-7,12-15H2,1-2H3,(H,24,28)(H,25,32). The van der Waals surface area contributed by atoms with E-state index in [9.17, 15) is 24.0 Å². The van der Waals surface area contributed by atoms with Crippen molar-refractivity contribution in [2.24, 2.45) is 0 Å². The zero-order chi connectivity index (χ0) is 24.0. The summed E-state index contributed by atoms with van der Waals surface area (Å²) in [6, 6.07) is 5.80. The van der Waals surface area contributed by atoms with Crippen LogP contribution in [0, 0.1) is 0 Å². The molecular formula is C23H30N4O6. The number of carbonyl (C=O) groups excluding carboxylic acids is 5. The molecule has 2 N–H and O–H groups in total. The van der Waals surface area contributed by atoms with Gasteiger partial charge in [-0.2, -0.15) is 0 Å². The number of anilines is 1. The van der Waals surface area contributed by atoms with Crippen LogP contribution in [0.3, 0.4) is 0 Å². The third kappa shape index (κ3) is 5.50. The summed E-state index contributed by atoms with van der Waals surface area (Å²) in [5, 5.41) is 5.30. The highest BCUT2D eigenvalue weighted by molar-refractivity contribution is 6.08. The Bertz CT molecular complexity index is 919. The van der Waals surface area contributed by atoms with Crippen molar-refractivity contribution in [3.05, 3.63) is 29.8 Å². The van der Waals surface area contributed by atoms with E-state index in [2.05, 4.69) is 10.6 Å². The molecule has 1 saturated heterocycles. The number of esters is 1. The fraction of sp³-hybridized carbons (Fsp3) is 0.522. The zero-order valence-electron chi connectivity index (χ0n) is 19.0. The molecule has 3 rings (SSSR count). The fourth-order valence-corrected chi connectivity index (χ4v) is 4.22. The number of urea groups is 1. The minimum absolute atomic E-state index is 0.0951. The van der Waals surface area contributed by atoms with E-state index in [0.29, 0.717) is 37.2 Å². The summed E-state index contributed by atoms with van der Waals surface area (Å²) in [7, 11) is 0. The van der Waals surface area contributed by atoms with Crippen LogP contribution in [0.4, 0.5) is 10.5 Å². The lowest BCUT2D eigenvalue weighted by molar-refractivity contribution is -0.150. The molecule has 1 aromatic rings. The van der Waals surface area contributed by atoms with Gasteiger partial charge in [0.15, 0.2) is 6.61 Å². The van der Waals surface area contributed by atoms with Crippen LogP contribution in [0.1, 0.15) is 56.3 Å². The van der Waals surface area contributed by atoms with Gasteiger partial charge in [-0.15, -0.1) is 0 Å². The van der Waals surface area contributed by atoms with E-state index in [1.54, 1.807) is 29.2 Å². The number of rotatable bonds is 8. The molecule has 2 aliphatic rings. The second-order valence-electron chi connectivity index (χ2n) is 8.23. The van der Waals surface area contributed by atoms with Gasteiger partial charge >= 0.3 is 12.0 Å². The number of carbonyl (C=O) groups is 5. The van der Waals surface area contributed by atoms with E-state index in [1.807, 2.05) is 13.8 Å². The molecule has 0 aromatic heterocycles. The average molecular weight is 459 g/mol. The number of nitrogens with zero attached hydrogens (tertiary/aromatic N) is 2. The maximum Gasteiger partial charge on any atom is 0.326 e. The van der Waals surface area contributed by atoms with Crippen molar-refractivity contribution < 1.29 is 28.7 Å². The quantitative estimate of drug-likeness (QED) is 0.453. The maximum absolute atomic E-state index is 12.7. The third-order valence-electron chi connectivity index (χ3n) is 6.07. The van der Waals surface area contributed by atoms with Gasteiger partial charge in [0, 0.05) is 24.3 Å². The van der Waals surface area contributed by atoms with Crippen LogP contribution in [0.2, 0.25) is 0 Å². The third-order valence-corrected chi connectivity index (χ3v) is 6.07. The number of amides is 5. The minimum atomic E-state index is -0.911. The molecule has 1 aliphatic heterocycles. The van der Waals surface area contributed by atoms with Crippen molar-refractivity contribution in [1.29, 1.82) is 0 Å². The van der Waals surface area contributed by atoms with Crippen molar-refractivity contribution in [1.82, 2.24) is 15.1 Å². The molecule has 10 heteroatoms. The van der Waals surface area contributed by atoms with Gasteiger partial charge in [-0.1, -0.05) is 19.3 Å². The number of hydrogen-bond acceptors (Lipinski definition) is 6. The van der Waals surface area contributed by atoms with Crippen LogP contribution in [-0.2, 0) is 19.1 Å². The topological polar surface area (TPSA) is 125 Å². The smallest absolute Gasteiger partial charge is 0.326 e. The summed E-state index contributed by atoms with van der Waals surface area (Å²) in [4.78, 5) is 64.0. The lowest BCUT2D eigenvalue weighted by Gasteiger charge is -2.30. The van der Waals surface area contributed by atoms with Crippen molar-refractivity contribution in [2.45, 2.75) is 51.5 Å². The molecule has 0 bridgehead atoms. The van der Waals surface area contributed by atoms with Gasteiger partial charge in [0.1, 0.15) is 12.1 Å². The van der Waals surface area contributed by atoms with Gasteiger partial charge in [0.2, 0.25) is 0 Å². The highest BCUT2D eigenvalue weighted by atomic mass is 16.5. The molecule has 1 saturated carbocycles. The van der Waals surface area contributed by atoms with Crippen LogP contribution in [0.5, 0.6) is 0 Å². The number of imide groups is 1. The second-order valence-corrected chi connectivity index (χ2v) is 8.23. The SMILES string of the molecule is CCN(CC)C(=O)c1ccc(NC(=O)COC(=O)CN2C(=O)NC3(CCCCC3)C2=O)cc1. The Balaban J connectivity index is 1.47. The Hall–Kier alpha value is -3.43. The minimum Gasteiger partial charge on any atom is -0.454 e. The van der Waals surface area contributed by atoms with E-state index in [-0.39, 0.29) is 5.91 Å². The molecule has 0 unspecified atom stereocenters. The maximum atomic E-state index is 12.7. The van der Waals surface area contributed by atoms with Crippen LogP contribution in [0.15, 0.2) is 24.3 Å². The number of hydrogen-bond donors (Lipinski definition) is 2. The van der Waals surface area contributed by atoms with E-state index >= 15 is 0 Å². The summed E-state index contributed by atoms with van der Waals surface area (Å²) in [5.41, 5.74) is 0.0409. The van der Waals surface area contributed by atoms with Gasteiger partial charge in [-0.25, -0.2) is 4.79 Å². The Morgan fingerprint density at radius 3 is 2.30 bits per heavy atom. The van der Waals surface area contributed by atoms with E-state index < -0.39 is 42.5 Å². The highest BCUT2D eigenvalue weighted by Gasteiger charge is 2.51. The Labute approximate surface area is 192 Å².